The van der Waals surface area contributed by atoms with Gasteiger partial charge in [-0.2, -0.15) is 0 Å². The van der Waals surface area contributed by atoms with Gasteiger partial charge in [0.05, 0.1) is 15.5 Å². The van der Waals surface area contributed by atoms with Gasteiger partial charge in [0.15, 0.2) is 0 Å². The van der Waals surface area contributed by atoms with Crippen molar-refractivity contribution >= 4 is 46.6 Å². The molecule has 30 heavy (non-hydrogen) atoms. The Kier molecular flexibility index (Phi) is 6.56. The number of carbonyl (C=O) groups is 2. The van der Waals surface area contributed by atoms with Gasteiger partial charge in [-0.15, -0.1) is 0 Å². The molecular formula is C22H16ClN3O4. The molecule has 150 valence electrons. The average molecular weight is 422 g/mol. The van der Waals surface area contributed by atoms with E-state index in [9.17, 15) is 19.7 Å². The summed E-state index contributed by atoms with van der Waals surface area (Å²) < 4.78 is 0. The molecule has 3 aromatic carbocycles. The Morgan fingerprint density at radius 1 is 0.900 bits per heavy atom. The Morgan fingerprint density at radius 2 is 1.60 bits per heavy atom. The van der Waals surface area contributed by atoms with Gasteiger partial charge in [0.1, 0.15) is 0 Å². The van der Waals surface area contributed by atoms with E-state index in [0.717, 1.165) is 0 Å². The van der Waals surface area contributed by atoms with Crippen LogP contribution in [0.1, 0.15) is 15.9 Å². The SMILES string of the molecule is O=C(/C=C/c1cccc([N+](=O)[O-])c1)Nc1cccc(NC(=O)c2ccccc2Cl)c1. The van der Waals surface area contributed by atoms with Gasteiger partial charge < -0.3 is 10.6 Å². The van der Waals surface area contributed by atoms with Crippen LogP contribution >= 0.6 is 11.6 Å². The van der Waals surface area contributed by atoms with Crippen molar-refractivity contribution in [2.24, 2.45) is 0 Å². The number of nitro groups is 1. The van der Waals surface area contributed by atoms with Crippen LogP contribution in [0, 0.1) is 10.1 Å². The fourth-order valence-corrected chi connectivity index (χ4v) is 2.84. The number of nitrogens with zero attached hydrogens (tertiary/aromatic N) is 1. The quantitative estimate of drug-likeness (QED) is 0.326. The molecule has 0 bridgehead atoms. The molecule has 0 aliphatic carbocycles. The van der Waals surface area contributed by atoms with Gasteiger partial charge in [-0.3, -0.25) is 19.7 Å². The van der Waals surface area contributed by atoms with Crippen molar-refractivity contribution in [2.75, 3.05) is 10.6 Å². The van der Waals surface area contributed by atoms with Crippen molar-refractivity contribution in [1.82, 2.24) is 0 Å². The van der Waals surface area contributed by atoms with E-state index in [-0.39, 0.29) is 11.6 Å². The minimum absolute atomic E-state index is 0.0560. The van der Waals surface area contributed by atoms with Crippen molar-refractivity contribution in [3.8, 4) is 0 Å². The van der Waals surface area contributed by atoms with Crippen molar-refractivity contribution in [3.05, 3.63) is 105 Å². The summed E-state index contributed by atoms with van der Waals surface area (Å²) in [5.41, 5.74) is 1.77. The summed E-state index contributed by atoms with van der Waals surface area (Å²) in [4.78, 5) is 34.8. The first kappa shape index (κ1) is 20.8. The maximum atomic E-state index is 12.4. The minimum Gasteiger partial charge on any atom is -0.322 e. The van der Waals surface area contributed by atoms with Gasteiger partial charge in [-0.25, -0.2) is 0 Å². The highest BCUT2D eigenvalue weighted by molar-refractivity contribution is 6.34. The molecule has 0 atom stereocenters. The van der Waals surface area contributed by atoms with Crippen molar-refractivity contribution in [1.29, 1.82) is 0 Å². The highest BCUT2D eigenvalue weighted by atomic mass is 35.5. The third kappa shape index (κ3) is 5.52. The largest absolute Gasteiger partial charge is 0.322 e. The van der Waals surface area contributed by atoms with E-state index in [0.29, 0.717) is 27.5 Å². The molecule has 3 aromatic rings. The van der Waals surface area contributed by atoms with Gasteiger partial charge in [-0.1, -0.05) is 41.9 Å². The van der Waals surface area contributed by atoms with Gasteiger partial charge >= 0.3 is 0 Å². The minimum atomic E-state index is -0.500. The van der Waals surface area contributed by atoms with Crippen LogP contribution in [0.3, 0.4) is 0 Å². The van der Waals surface area contributed by atoms with Crippen molar-refractivity contribution in [3.63, 3.8) is 0 Å². The third-order valence-corrected chi connectivity index (χ3v) is 4.34. The van der Waals surface area contributed by atoms with Crippen LogP contribution in [-0.4, -0.2) is 16.7 Å². The Morgan fingerprint density at radius 3 is 2.33 bits per heavy atom. The van der Waals surface area contributed by atoms with E-state index in [1.165, 1.54) is 24.3 Å². The number of anilines is 2. The molecule has 0 unspecified atom stereocenters. The Balaban J connectivity index is 1.65. The number of amides is 2. The average Bonchev–Trinajstić information content (AvgIpc) is 2.73. The summed E-state index contributed by atoms with van der Waals surface area (Å²) >= 11 is 6.04. The third-order valence-electron chi connectivity index (χ3n) is 4.01. The first-order valence-electron chi connectivity index (χ1n) is 8.82. The van der Waals surface area contributed by atoms with Crippen molar-refractivity contribution < 1.29 is 14.5 Å². The zero-order valence-electron chi connectivity index (χ0n) is 15.5. The molecular weight excluding hydrogens is 406 g/mol. The standard InChI is InChI=1S/C22H16ClN3O4/c23-20-10-2-1-9-19(20)22(28)25-17-7-4-6-16(14-17)24-21(27)12-11-15-5-3-8-18(13-15)26(29)30/h1-14H,(H,24,27)(H,25,28)/b12-11+. The van der Waals surface area contributed by atoms with E-state index >= 15 is 0 Å². The predicted molar refractivity (Wildman–Crippen MR) is 117 cm³/mol. The number of rotatable bonds is 6. The monoisotopic (exact) mass is 421 g/mol. The molecule has 0 radical (unpaired) electrons. The number of nitrogens with one attached hydrogen (secondary N) is 2. The lowest BCUT2D eigenvalue weighted by Crippen LogP contribution is -2.13. The van der Waals surface area contributed by atoms with Crippen molar-refractivity contribution in [2.45, 2.75) is 0 Å². The summed E-state index contributed by atoms with van der Waals surface area (Å²) in [7, 11) is 0. The molecule has 0 aromatic heterocycles. The van der Waals surface area contributed by atoms with Crippen LogP contribution in [0.5, 0.6) is 0 Å². The van der Waals surface area contributed by atoms with E-state index in [4.69, 9.17) is 11.6 Å². The van der Waals surface area contributed by atoms with Gasteiger partial charge in [-0.05, 0) is 42.0 Å². The molecule has 2 amide bonds. The lowest BCUT2D eigenvalue weighted by Gasteiger charge is -2.09. The van der Waals surface area contributed by atoms with Crippen LogP contribution in [0.25, 0.3) is 6.08 Å². The molecule has 0 saturated carbocycles. The molecule has 0 aliphatic rings. The maximum absolute atomic E-state index is 12.4. The Hall–Kier alpha value is -3.97. The maximum Gasteiger partial charge on any atom is 0.270 e. The normalized spacial score (nSPS) is 10.6. The zero-order valence-corrected chi connectivity index (χ0v) is 16.3. The number of benzene rings is 3. The van der Waals surface area contributed by atoms with Crippen LogP contribution in [0.4, 0.5) is 17.1 Å². The summed E-state index contributed by atoms with van der Waals surface area (Å²) in [6, 6.07) is 19.3. The van der Waals surface area contributed by atoms with Crippen LogP contribution < -0.4 is 10.6 Å². The summed E-state index contributed by atoms with van der Waals surface area (Å²) in [6.07, 6.45) is 2.75. The number of nitro benzene ring substituents is 1. The first-order valence-corrected chi connectivity index (χ1v) is 9.19. The second kappa shape index (κ2) is 9.49. The van der Waals surface area contributed by atoms with E-state index in [1.54, 1.807) is 60.7 Å². The highest BCUT2D eigenvalue weighted by Gasteiger charge is 2.10. The van der Waals surface area contributed by atoms with E-state index < -0.39 is 10.8 Å². The molecule has 0 heterocycles. The first-order chi connectivity index (χ1) is 14.4. The molecule has 0 spiro atoms. The molecule has 3 rings (SSSR count). The second-order valence-corrected chi connectivity index (χ2v) is 6.60. The van der Waals surface area contributed by atoms with Gasteiger partial charge in [0.25, 0.3) is 11.6 Å². The van der Waals surface area contributed by atoms with Crippen LogP contribution in [0.15, 0.2) is 78.9 Å². The van der Waals surface area contributed by atoms with E-state index in [2.05, 4.69) is 10.6 Å². The fraction of sp³-hybridized carbons (Fsp3) is 0. The molecule has 2 N–H and O–H groups in total. The molecule has 0 aliphatic heterocycles. The fourth-order valence-electron chi connectivity index (χ4n) is 2.62. The second-order valence-electron chi connectivity index (χ2n) is 6.19. The summed E-state index contributed by atoms with van der Waals surface area (Å²) in [5, 5.41) is 16.6. The number of carbonyl (C=O) groups excluding carboxylic acids is 2. The Labute approximate surface area is 177 Å². The Bertz CT molecular complexity index is 1140. The molecule has 7 nitrogen and oxygen atoms in total. The highest BCUT2D eigenvalue weighted by Crippen LogP contribution is 2.20. The number of halogens is 1. The summed E-state index contributed by atoms with van der Waals surface area (Å²) in [6.45, 7) is 0. The number of hydrogen-bond donors (Lipinski definition) is 2. The van der Waals surface area contributed by atoms with Gasteiger partial charge in [0, 0.05) is 29.6 Å². The summed E-state index contributed by atoms with van der Waals surface area (Å²) in [5.74, 6) is -0.786. The smallest absolute Gasteiger partial charge is 0.270 e. The predicted octanol–water partition coefficient (Wildman–Crippen LogP) is 5.15. The van der Waals surface area contributed by atoms with Gasteiger partial charge in [0.2, 0.25) is 5.91 Å². The zero-order chi connectivity index (χ0) is 21.5. The lowest BCUT2D eigenvalue weighted by molar-refractivity contribution is -0.384. The molecule has 0 saturated heterocycles. The lowest BCUT2D eigenvalue weighted by atomic mass is 10.2. The number of hydrogen-bond acceptors (Lipinski definition) is 4. The molecule has 0 fully saturated rings. The van der Waals surface area contributed by atoms with E-state index in [1.807, 2.05) is 0 Å². The van der Waals surface area contributed by atoms with Crippen LogP contribution in [-0.2, 0) is 4.79 Å². The van der Waals surface area contributed by atoms with Crippen LogP contribution in [0.2, 0.25) is 5.02 Å². The topological polar surface area (TPSA) is 101 Å². The molecule has 8 heteroatoms. The number of non-ortho nitro benzene ring substituents is 1.